The standard InChI is InChI=1S/C61H73FN8O8S/c1-39(2)46-8-6-7-9-47(46)54-38-67(37-41-10-14-50-56(28-41)77-27-22-59(50,3)4)25-26-69(54)43-32-61(33-43)20-23-68(24-21-61)42-11-13-48(55(29-42)78-44-30-49-51(62)36-65-57(49)64-35-44)58(71)66-79(75,76)45-12-15-52(53(31-45)70(73)74)63-34-40-16-18-60(5,72)19-17-40/h6-15,28-31,35-36,39-40,43,54,63,72H,16-27,32-34,37-38H2,1-5H3,(H,64,65)(H,66,71)/t40-,54-,60-/m0/s1. The van der Waals surface area contributed by atoms with Gasteiger partial charge in [-0.05, 0) is 146 Å². The molecule has 2 saturated carbocycles. The van der Waals surface area contributed by atoms with E-state index in [1.165, 1.54) is 58.9 Å². The number of nitrogens with zero attached hydrogens (tertiary/aromatic N) is 5. The summed E-state index contributed by atoms with van der Waals surface area (Å²) in [5.41, 5.74) is 5.61. The van der Waals surface area contributed by atoms with Gasteiger partial charge in [-0.3, -0.25) is 24.7 Å². The summed E-state index contributed by atoms with van der Waals surface area (Å²) in [5.74, 6) is 0.192. The van der Waals surface area contributed by atoms with Gasteiger partial charge in [-0.25, -0.2) is 22.5 Å². The Morgan fingerprint density at radius 2 is 1.73 bits per heavy atom. The van der Waals surface area contributed by atoms with E-state index >= 15 is 0 Å². The van der Waals surface area contributed by atoms with Gasteiger partial charge in [-0.1, -0.05) is 64.1 Å². The number of carbonyl (C=O) groups excluding carboxylic acids is 1. The van der Waals surface area contributed by atoms with Crippen LogP contribution in [0.15, 0.2) is 102 Å². The van der Waals surface area contributed by atoms with Crippen LogP contribution in [0.25, 0.3) is 11.0 Å². The first-order valence-electron chi connectivity index (χ1n) is 28.1. The van der Waals surface area contributed by atoms with Crippen LogP contribution in [-0.2, 0) is 22.0 Å². The number of carbonyl (C=O) groups is 1. The van der Waals surface area contributed by atoms with Gasteiger partial charge in [-0.2, -0.15) is 0 Å². The number of sulfonamides is 1. The van der Waals surface area contributed by atoms with E-state index in [4.69, 9.17) is 9.47 Å². The molecule has 0 bridgehead atoms. The van der Waals surface area contributed by atoms with Crippen molar-refractivity contribution in [1.29, 1.82) is 0 Å². The summed E-state index contributed by atoms with van der Waals surface area (Å²) < 4.78 is 57.2. The zero-order chi connectivity index (χ0) is 55.4. The fraction of sp³-hybridized carbons (Fsp3) is 0.475. The number of nitro groups is 1. The van der Waals surface area contributed by atoms with Crippen LogP contribution < -0.4 is 24.4 Å². The van der Waals surface area contributed by atoms with Crippen molar-refractivity contribution in [2.45, 2.75) is 133 Å². The SMILES string of the molecule is CC(C)c1ccccc1[C@@H]1CN(Cc2ccc3c(c2)OCCC3(C)C)CCN1C1CC2(CCN(c3ccc(C(=O)NS(=O)(=O)c4ccc(NC[C@H]5CC[C@](C)(O)CC5)c([N+](=O)[O-])c4)c(Oc4cnc5[nH]cc(F)c5c4)c3)CC2)C1. The molecule has 11 rings (SSSR count). The van der Waals surface area contributed by atoms with Crippen LogP contribution in [0.1, 0.15) is 137 Å². The molecule has 6 aromatic rings. The molecule has 18 heteroatoms. The Bertz CT molecular complexity index is 3370. The number of halogens is 1. The summed E-state index contributed by atoms with van der Waals surface area (Å²) >= 11 is 0. The predicted octanol–water partition coefficient (Wildman–Crippen LogP) is 11.4. The van der Waals surface area contributed by atoms with Crippen molar-refractivity contribution in [3.8, 4) is 17.2 Å². The van der Waals surface area contributed by atoms with Gasteiger partial charge < -0.3 is 29.8 Å². The lowest BCUT2D eigenvalue weighted by atomic mass is 9.59. The number of rotatable bonds is 15. The summed E-state index contributed by atoms with van der Waals surface area (Å²) in [5, 5.41) is 25.9. The van der Waals surface area contributed by atoms with E-state index in [2.05, 4.69) is 105 Å². The number of hydrogen-bond acceptors (Lipinski definition) is 13. The van der Waals surface area contributed by atoms with E-state index in [9.17, 15) is 32.8 Å². The lowest BCUT2D eigenvalue weighted by molar-refractivity contribution is -0.384. The summed E-state index contributed by atoms with van der Waals surface area (Å²) in [4.78, 5) is 40.0. The number of aliphatic hydroxyl groups is 1. The molecular weight excluding hydrogens is 1020 g/mol. The Hall–Kier alpha value is -6.60. The van der Waals surface area contributed by atoms with Gasteiger partial charge in [0, 0.05) is 81.9 Å². The molecule has 0 unspecified atom stereocenters. The normalized spacial score (nSPS) is 22.5. The molecule has 5 heterocycles. The number of amides is 1. The average molecular weight is 1100 g/mol. The first-order valence-corrected chi connectivity index (χ1v) is 29.5. The third-order valence-electron chi connectivity index (χ3n) is 18.0. The number of ether oxygens (including phenoxy) is 2. The van der Waals surface area contributed by atoms with Crippen LogP contribution in [0.3, 0.4) is 0 Å². The molecule has 2 saturated heterocycles. The van der Waals surface area contributed by atoms with Crippen LogP contribution >= 0.6 is 0 Å². The molecule has 16 nitrogen and oxygen atoms in total. The maximum Gasteiger partial charge on any atom is 0.293 e. The van der Waals surface area contributed by atoms with Gasteiger partial charge in [0.25, 0.3) is 21.6 Å². The topological polar surface area (TPSA) is 195 Å². The zero-order valence-corrected chi connectivity index (χ0v) is 46.7. The highest BCUT2D eigenvalue weighted by atomic mass is 32.2. The Morgan fingerprint density at radius 1 is 0.962 bits per heavy atom. The molecule has 5 aliphatic rings. The quantitative estimate of drug-likeness (QED) is 0.0561. The highest BCUT2D eigenvalue weighted by Crippen LogP contribution is 2.54. The van der Waals surface area contributed by atoms with Crippen molar-refractivity contribution in [2.24, 2.45) is 11.3 Å². The number of aromatic amines is 1. The molecule has 4 fully saturated rings. The van der Waals surface area contributed by atoms with Gasteiger partial charge in [0.05, 0.1) is 39.2 Å². The summed E-state index contributed by atoms with van der Waals surface area (Å²) in [6, 6.07) is 26.5. The first kappa shape index (κ1) is 54.4. The van der Waals surface area contributed by atoms with E-state index in [-0.39, 0.29) is 50.9 Å². The molecule has 1 amide bonds. The highest BCUT2D eigenvalue weighted by molar-refractivity contribution is 7.90. The average Bonchev–Trinajstić information content (AvgIpc) is 3.92. The lowest BCUT2D eigenvalue weighted by Gasteiger charge is -2.58. The van der Waals surface area contributed by atoms with Crippen LogP contribution in [0.2, 0.25) is 0 Å². The number of benzene rings is 4. The Morgan fingerprint density at radius 3 is 2.49 bits per heavy atom. The molecule has 2 aromatic heterocycles. The van der Waals surface area contributed by atoms with Gasteiger partial charge in [0.15, 0.2) is 0 Å². The van der Waals surface area contributed by atoms with Crippen molar-refractivity contribution >= 4 is 44.0 Å². The number of aromatic nitrogens is 2. The van der Waals surface area contributed by atoms with E-state index in [0.29, 0.717) is 37.0 Å². The number of nitrogens with one attached hydrogen (secondary N) is 3. The van der Waals surface area contributed by atoms with Crippen molar-refractivity contribution in [3.63, 3.8) is 0 Å². The minimum atomic E-state index is -4.65. The second-order valence-corrected chi connectivity index (χ2v) is 26.0. The monoisotopic (exact) mass is 1100 g/mol. The van der Waals surface area contributed by atoms with Crippen LogP contribution in [0.5, 0.6) is 17.2 Å². The molecule has 79 heavy (non-hydrogen) atoms. The van der Waals surface area contributed by atoms with Gasteiger partial charge in [0.2, 0.25) is 0 Å². The number of piperazine rings is 1. The smallest absolute Gasteiger partial charge is 0.293 e. The van der Waals surface area contributed by atoms with E-state index in [1.54, 1.807) is 19.1 Å². The largest absolute Gasteiger partial charge is 0.493 e. The van der Waals surface area contributed by atoms with E-state index < -0.39 is 42.9 Å². The van der Waals surface area contributed by atoms with Gasteiger partial charge >= 0.3 is 0 Å². The fourth-order valence-corrected chi connectivity index (χ4v) is 14.1. The maximum atomic E-state index is 14.8. The second kappa shape index (κ2) is 21.5. The number of anilines is 2. The highest BCUT2D eigenvalue weighted by Gasteiger charge is 2.50. The third-order valence-corrected chi connectivity index (χ3v) is 19.3. The fourth-order valence-electron chi connectivity index (χ4n) is 13.1. The lowest BCUT2D eigenvalue weighted by Crippen LogP contribution is -2.60. The summed E-state index contributed by atoms with van der Waals surface area (Å²) in [6.07, 6.45) is 10.5. The summed E-state index contributed by atoms with van der Waals surface area (Å²) in [6.45, 7) is 17.5. The maximum absolute atomic E-state index is 14.8. The molecule has 2 aliphatic carbocycles. The second-order valence-electron chi connectivity index (χ2n) is 24.3. The molecule has 3 aliphatic heterocycles. The van der Waals surface area contributed by atoms with E-state index in [0.717, 1.165) is 108 Å². The predicted molar refractivity (Wildman–Crippen MR) is 303 cm³/mol. The first-order chi connectivity index (χ1) is 37.7. The number of H-pyrrole nitrogens is 1. The Labute approximate surface area is 462 Å². The van der Waals surface area contributed by atoms with E-state index in [1.807, 2.05) is 0 Å². The van der Waals surface area contributed by atoms with Crippen molar-refractivity contribution in [3.05, 3.63) is 141 Å². The number of fused-ring (bicyclic) bond motifs is 2. The minimum absolute atomic E-state index is 0.0248. The Balaban J connectivity index is 0.782. The minimum Gasteiger partial charge on any atom is -0.493 e. The molecule has 4 N–H and O–H groups in total. The molecular formula is C61H73FN8O8S. The number of hydrogen-bond donors (Lipinski definition) is 4. The molecule has 1 spiro atoms. The van der Waals surface area contributed by atoms with Crippen LogP contribution in [0, 0.1) is 27.3 Å². The summed E-state index contributed by atoms with van der Waals surface area (Å²) in [7, 11) is -4.65. The Kier molecular flexibility index (Phi) is 14.8. The number of pyridine rings is 1. The zero-order valence-electron chi connectivity index (χ0n) is 45.9. The van der Waals surface area contributed by atoms with Crippen LogP contribution in [-0.4, -0.2) is 102 Å². The van der Waals surface area contributed by atoms with Crippen LogP contribution in [0.4, 0.5) is 21.5 Å². The number of piperidine rings is 1. The van der Waals surface area contributed by atoms with Crippen molar-refractivity contribution in [1.82, 2.24) is 24.5 Å². The van der Waals surface area contributed by atoms with Gasteiger partial charge in [0.1, 0.15) is 34.4 Å². The van der Waals surface area contributed by atoms with Gasteiger partial charge in [-0.15, -0.1) is 0 Å². The van der Waals surface area contributed by atoms with Crippen molar-refractivity contribution < 1.29 is 37.1 Å². The molecule has 1 atom stereocenters. The molecule has 0 radical (unpaired) electrons. The molecule has 4 aromatic carbocycles. The van der Waals surface area contributed by atoms with Crippen molar-refractivity contribution in [2.75, 3.05) is 56.1 Å². The number of nitro benzene ring substituents is 1. The third kappa shape index (κ3) is 11.4. The molecule has 418 valence electrons.